The molecular weight excluding hydrogens is 533 g/mol. The fourth-order valence-corrected chi connectivity index (χ4v) is 5.60. The molecule has 3 heterocycles. The molecule has 1 amide bonds. The van der Waals surface area contributed by atoms with E-state index in [0.717, 1.165) is 19.3 Å². The molecule has 0 radical (unpaired) electrons. The van der Waals surface area contributed by atoms with E-state index in [0.29, 0.717) is 42.5 Å². The second-order valence-corrected chi connectivity index (χ2v) is 13.0. The fraction of sp³-hybridized carbons (Fsp3) is 0.414. The number of nitrogens with zero attached hydrogens (tertiary/aromatic N) is 3. The van der Waals surface area contributed by atoms with E-state index in [9.17, 15) is 17.6 Å². The number of rotatable bonds is 8. The number of halogens is 1. The lowest BCUT2D eigenvalue weighted by Crippen LogP contribution is -2.37. The second kappa shape index (κ2) is 11.8. The average molecular weight is 570 g/mol. The minimum Gasteiger partial charge on any atom is -0.493 e. The molecule has 3 N–H and O–H groups in total. The number of nitrogens with one attached hydrogen (secondary N) is 1. The summed E-state index contributed by atoms with van der Waals surface area (Å²) in [4.78, 5) is 24.1. The van der Waals surface area contributed by atoms with Crippen molar-refractivity contribution in [1.29, 1.82) is 0 Å². The van der Waals surface area contributed by atoms with Gasteiger partial charge < -0.3 is 15.4 Å². The number of carbonyl (C=O) groups is 1. The van der Waals surface area contributed by atoms with Crippen molar-refractivity contribution in [2.24, 2.45) is 11.3 Å². The van der Waals surface area contributed by atoms with Gasteiger partial charge in [-0.3, -0.25) is 4.79 Å². The van der Waals surface area contributed by atoms with E-state index in [1.54, 1.807) is 12.1 Å². The van der Waals surface area contributed by atoms with Crippen molar-refractivity contribution < 1.29 is 22.3 Å². The predicted octanol–water partition coefficient (Wildman–Crippen LogP) is 5.03. The van der Waals surface area contributed by atoms with Gasteiger partial charge in [0.15, 0.2) is 5.03 Å². The molecule has 1 saturated heterocycles. The zero-order valence-electron chi connectivity index (χ0n) is 23.3. The van der Waals surface area contributed by atoms with Crippen LogP contribution in [-0.4, -0.2) is 44.0 Å². The highest BCUT2D eigenvalue weighted by Crippen LogP contribution is 2.34. The highest BCUT2D eigenvalue weighted by Gasteiger charge is 2.30. The van der Waals surface area contributed by atoms with Gasteiger partial charge in [-0.25, -0.2) is 19.1 Å². The Kier molecular flexibility index (Phi) is 8.62. The Morgan fingerprint density at radius 2 is 1.93 bits per heavy atom. The van der Waals surface area contributed by atoms with Crippen LogP contribution in [0.25, 0.3) is 11.3 Å². The zero-order chi connectivity index (χ0) is 29.1. The molecule has 214 valence electrons. The number of amides is 1. The lowest BCUT2D eigenvalue weighted by molar-refractivity contribution is 0.0981. The monoisotopic (exact) mass is 569 g/mol. The Bertz CT molecular complexity index is 1490. The van der Waals surface area contributed by atoms with Crippen LogP contribution in [0, 0.1) is 17.2 Å². The number of hydrogen-bond acceptors (Lipinski definition) is 8. The molecule has 1 aromatic carbocycles. The van der Waals surface area contributed by atoms with Gasteiger partial charge in [0.25, 0.3) is 15.9 Å². The third kappa shape index (κ3) is 7.26. The molecule has 0 unspecified atom stereocenters. The number of ether oxygens (including phenoxy) is 1. The third-order valence-electron chi connectivity index (χ3n) is 6.57. The fourth-order valence-electron chi connectivity index (χ4n) is 4.66. The first-order valence-electron chi connectivity index (χ1n) is 13.3. The van der Waals surface area contributed by atoms with Crippen molar-refractivity contribution in [3.63, 3.8) is 0 Å². The van der Waals surface area contributed by atoms with Crippen LogP contribution in [0.4, 0.5) is 16.0 Å². The molecule has 0 bridgehead atoms. The van der Waals surface area contributed by atoms with Gasteiger partial charge >= 0.3 is 0 Å². The summed E-state index contributed by atoms with van der Waals surface area (Å²) in [5.41, 5.74) is 6.59. The molecular formula is C29H36FN5O4S. The first-order valence-corrected chi connectivity index (χ1v) is 14.8. The molecule has 0 aliphatic carbocycles. The van der Waals surface area contributed by atoms with Gasteiger partial charge in [-0.05, 0) is 60.6 Å². The molecule has 9 nitrogen and oxygen atoms in total. The molecule has 1 aliphatic heterocycles. The summed E-state index contributed by atoms with van der Waals surface area (Å²) in [6.07, 6.45) is 2.90. The van der Waals surface area contributed by atoms with Gasteiger partial charge in [0.05, 0.1) is 17.9 Å². The summed E-state index contributed by atoms with van der Waals surface area (Å²) >= 11 is 0. The first kappa shape index (κ1) is 29.3. The maximum absolute atomic E-state index is 14.6. The first-order chi connectivity index (χ1) is 18.8. The molecule has 1 fully saturated rings. The largest absolute Gasteiger partial charge is 0.493 e. The van der Waals surface area contributed by atoms with Crippen LogP contribution in [0.5, 0.6) is 5.75 Å². The number of nitrogen functional groups attached to an aromatic ring is 1. The Balaban J connectivity index is 1.75. The number of carbonyl (C=O) groups excluding carboxylic acids is 1. The van der Waals surface area contributed by atoms with Crippen molar-refractivity contribution >= 4 is 27.6 Å². The molecule has 11 heteroatoms. The maximum Gasteiger partial charge on any atom is 0.281 e. The summed E-state index contributed by atoms with van der Waals surface area (Å²) in [6, 6.07) is 11.6. The molecule has 2 aromatic heterocycles. The quantitative estimate of drug-likeness (QED) is 0.387. The van der Waals surface area contributed by atoms with Crippen molar-refractivity contribution in [3.05, 3.63) is 59.9 Å². The third-order valence-corrected chi connectivity index (χ3v) is 7.80. The highest BCUT2D eigenvalue weighted by molar-refractivity contribution is 7.90. The van der Waals surface area contributed by atoms with Gasteiger partial charge in [0.1, 0.15) is 23.2 Å². The number of sulfonamides is 1. The number of nitrogens with two attached hydrogens (primary N) is 1. The smallest absolute Gasteiger partial charge is 0.281 e. The van der Waals surface area contributed by atoms with E-state index < -0.39 is 21.7 Å². The molecule has 0 saturated carbocycles. The van der Waals surface area contributed by atoms with Crippen LogP contribution in [0.1, 0.15) is 57.3 Å². The van der Waals surface area contributed by atoms with Crippen LogP contribution in [0.15, 0.2) is 53.6 Å². The molecule has 0 atom stereocenters. The summed E-state index contributed by atoms with van der Waals surface area (Å²) < 4.78 is 48.3. The zero-order valence-corrected chi connectivity index (χ0v) is 24.1. The Labute approximate surface area is 235 Å². The van der Waals surface area contributed by atoms with Gasteiger partial charge in [0, 0.05) is 24.7 Å². The maximum atomic E-state index is 14.6. The van der Waals surface area contributed by atoms with E-state index in [1.165, 1.54) is 36.4 Å². The minimum absolute atomic E-state index is 0.0145. The van der Waals surface area contributed by atoms with E-state index in [1.807, 2.05) is 18.7 Å². The van der Waals surface area contributed by atoms with Crippen LogP contribution < -0.4 is 20.1 Å². The van der Waals surface area contributed by atoms with Crippen LogP contribution in [-0.2, 0) is 10.0 Å². The number of hydrogen-bond donors (Lipinski definition) is 2. The Morgan fingerprint density at radius 1 is 1.15 bits per heavy atom. The van der Waals surface area contributed by atoms with E-state index in [2.05, 4.69) is 23.6 Å². The van der Waals surface area contributed by atoms with Gasteiger partial charge in [-0.1, -0.05) is 40.2 Å². The van der Waals surface area contributed by atoms with Crippen LogP contribution in [0.3, 0.4) is 0 Å². The topological polar surface area (TPSA) is 128 Å². The predicted molar refractivity (Wildman–Crippen MR) is 153 cm³/mol. The van der Waals surface area contributed by atoms with E-state index in [-0.39, 0.29) is 27.7 Å². The second-order valence-electron chi connectivity index (χ2n) is 11.3. The summed E-state index contributed by atoms with van der Waals surface area (Å²) in [5.74, 6) is -0.334. The number of aromatic nitrogens is 2. The molecule has 0 spiro atoms. The van der Waals surface area contributed by atoms with Gasteiger partial charge in [-0.15, -0.1) is 0 Å². The number of pyridine rings is 2. The Morgan fingerprint density at radius 3 is 2.65 bits per heavy atom. The number of benzene rings is 1. The Hall–Kier alpha value is -3.73. The van der Waals surface area contributed by atoms with Crippen molar-refractivity contribution in [1.82, 2.24) is 14.7 Å². The van der Waals surface area contributed by atoms with Crippen molar-refractivity contribution in [2.75, 3.05) is 30.3 Å². The normalized spacial score (nSPS) is 15.5. The minimum atomic E-state index is -4.30. The molecule has 4 rings (SSSR count). The van der Waals surface area contributed by atoms with Crippen molar-refractivity contribution in [2.45, 2.75) is 52.0 Å². The van der Waals surface area contributed by atoms with Gasteiger partial charge in [0.2, 0.25) is 0 Å². The molecule has 1 aliphatic rings. The van der Waals surface area contributed by atoms with Gasteiger partial charge in [-0.2, -0.15) is 8.42 Å². The lowest BCUT2D eigenvalue weighted by Gasteiger charge is -2.31. The summed E-state index contributed by atoms with van der Waals surface area (Å²) in [6.45, 7) is 9.98. The highest BCUT2D eigenvalue weighted by atomic mass is 32.2. The van der Waals surface area contributed by atoms with Crippen LogP contribution >= 0.6 is 0 Å². The lowest BCUT2D eigenvalue weighted by atomic mass is 9.88. The molecule has 3 aromatic rings. The standard InChI is InChI=1S/C29H36FN5O4S/c1-19(2)17-39-22-15-20(14-21(30)16-22)24-11-10-23(27(32-24)35-13-6-5-12-29(3,4)18-35)28(36)34-40(37,38)26-9-7-8-25(31)33-26/h7-11,14-16,19H,5-6,12-13,17-18H2,1-4H3,(H2,31,33)(H,34,36). The summed E-state index contributed by atoms with van der Waals surface area (Å²) in [5, 5.41) is -0.364. The SMILES string of the molecule is CC(C)COc1cc(F)cc(-c2ccc(C(=O)NS(=O)(=O)c3cccc(N)n3)c(N3CCCCC(C)(C)C3)n2)c1. The summed E-state index contributed by atoms with van der Waals surface area (Å²) in [7, 11) is -4.30. The average Bonchev–Trinajstić information content (AvgIpc) is 3.06. The number of anilines is 2. The van der Waals surface area contributed by atoms with Crippen molar-refractivity contribution in [3.8, 4) is 17.0 Å². The van der Waals surface area contributed by atoms with Crippen LogP contribution in [0.2, 0.25) is 0 Å². The van der Waals surface area contributed by atoms with E-state index >= 15 is 0 Å². The molecule has 40 heavy (non-hydrogen) atoms. The van der Waals surface area contributed by atoms with E-state index in [4.69, 9.17) is 15.5 Å².